The molecule has 1 heterocycles. The third-order valence-corrected chi connectivity index (χ3v) is 4.97. The number of nitrogens with zero attached hydrogens (tertiary/aromatic N) is 1. The van der Waals surface area contributed by atoms with E-state index in [1.807, 2.05) is 24.3 Å². The summed E-state index contributed by atoms with van der Waals surface area (Å²) < 4.78 is 17.3. The minimum atomic E-state index is -0.461. The Morgan fingerprint density at radius 2 is 1.86 bits per heavy atom. The highest BCUT2D eigenvalue weighted by molar-refractivity contribution is 5.86. The lowest BCUT2D eigenvalue weighted by Gasteiger charge is -2.30. The van der Waals surface area contributed by atoms with E-state index in [0.717, 1.165) is 38.8 Å². The summed E-state index contributed by atoms with van der Waals surface area (Å²) in [6.45, 7) is 8.81. The smallest absolute Gasteiger partial charge is 0.412 e. The second-order valence-electron chi connectivity index (χ2n) is 7.64. The van der Waals surface area contributed by atoms with Crippen LogP contribution in [0.25, 0.3) is 0 Å². The molecule has 1 unspecified atom stereocenters. The number of benzene rings is 1. The number of ether oxygens (including phenoxy) is 3. The van der Waals surface area contributed by atoms with Gasteiger partial charge in [-0.3, -0.25) is 10.2 Å². The first kappa shape index (κ1) is 23.5. The molecule has 1 aliphatic rings. The molecular weight excluding hydrogens is 368 g/mol. The summed E-state index contributed by atoms with van der Waals surface area (Å²) >= 11 is 0. The van der Waals surface area contributed by atoms with Gasteiger partial charge in [-0.2, -0.15) is 0 Å². The van der Waals surface area contributed by atoms with Gasteiger partial charge < -0.3 is 14.2 Å². The van der Waals surface area contributed by atoms with E-state index < -0.39 is 6.09 Å². The Kier molecular flexibility index (Phi) is 11.5. The molecule has 0 aromatic heterocycles. The van der Waals surface area contributed by atoms with Gasteiger partial charge in [-0.05, 0) is 50.9 Å². The first-order chi connectivity index (χ1) is 14.2. The highest BCUT2D eigenvalue weighted by Gasteiger charge is 2.21. The lowest BCUT2D eigenvalue weighted by Crippen LogP contribution is -2.41. The van der Waals surface area contributed by atoms with Crippen molar-refractivity contribution in [3.05, 3.63) is 24.3 Å². The number of likely N-dealkylation sites (tertiary alicyclic amines) is 1. The molecule has 1 atom stereocenters. The quantitative estimate of drug-likeness (QED) is 0.463. The summed E-state index contributed by atoms with van der Waals surface area (Å²) in [5, 5.41) is 2.85. The van der Waals surface area contributed by atoms with Crippen LogP contribution in [0.4, 0.5) is 10.5 Å². The van der Waals surface area contributed by atoms with Crippen molar-refractivity contribution >= 4 is 11.8 Å². The number of carbonyl (C=O) groups is 1. The maximum Gasteiger partial charge on any atom is 0.412 e. The summed E-state index contributed by atoms with van der Waals surface area (Å²) in [7, 11) is 0. The van der Waals surface area contributed by atoms with E-state index in [-0.39, 0.29) is 6.10 Å². The van der Waals surface area contributed by atoms with Gasteiger partial charge in [-0.25, -0.2) is 4.79 Å². The maximum atomic E-state index is 12.6. The van der Waals surface area contributed by atoms with Gasteiger partial charge >= 0.3 is 6.09 Å². The Hall–Kier alpha value is -1.79. The molecule has 1 N–H and O–H groups in total. The Morgan fingerprint density at radius 3 is 2.62 bits per heavy atom. The van der Waals surface area contributed by atoms with Gasteiger partial charge in [-0.15, -0.1) is 0 Å². The largest absolute Gasteiger partial charge is 0.491 e. The number of piperidine rings is 1. The van der Waals surface area contributed by atoms with Crippen LogP contribution in [-0.2, 0) is 9.47 Å². The molecule has 1 aromatic carbocycles. The number of rotatable bonds is 13. The minimum Gasteiger partial charge on any atom is -0.491 e. The number of para-hydroxylation sites is 2. The van der Waals surface area contributed by atoms with Crippen molar-refractivity contribution in [2.75, 3.05) is 44.8 Å². The van der Waals surface area contributed by atoms with Gasteiger partial charge in [0.15, 0.2) is 0 Å². The van der Waals surface area contributed by atoms with Gasteiger partial charge in [-0.1, -0.05) is 45.2 Å². The van der Waals surface area contributed by atoms with Crippen LogP contribution in [0.3, 0.4) is 0 Å². The lowest BCUT2D eigenvalue weighted by atomic mass is 10.1. The molecule has 0 saturated carbocycles. The van der Waals surface area contributed by atoms with Crippen LogP contribution >= 0.6 is 0 Å². The second-order valence-corrected chi connectivity index (χ2v) is 7.64. The summed E-state index contributed by atoms with van der Waals surface area (Å²) in [6, 6.07) is 7.49. The summed E-state index contributed by atoms with van der Waals surface area (Å²) in [6.07, 6.45) is 7.18. The number of carbonyl (C=O) groups excluding carboxylic acids is 1. The standard InChI is InChI=1S/C23H38N2O4/c1-3-5-11-17-28-22-13-8-7-12-21(22)24-23(26)29-20(19-27-16-4-2)18-25-14-9-6-10-15-25/h7-8,12-13,20H,3-6,9-11,14-19H2,1-2H3,(H,24,26). The Balaban J connectivity index is 1.88. The van der Waals surface area contributed by atoms with E-state index in [2.05, 4.69) is 24.1 Å². The topological polar surface area (TPSA) is 60.0 Å². The molecule has 0 aliphatic carbocycles. The van der Waals surface area contributed by atoms with Crippen molar-refractivity contribution < 1.29 is 19.0 Å². The van der Waals surface area contributed by atoms with Crippen LogP contribution in [0.2, 0.25) is 0 Å². The molecular formula is C23H38N2O4. The SMILES string of the molecule is CCCCCOc1ccccc1NC(=O)OC(COCCC)CN1CCCCC1. The van der Waals surface area contributed by atoms with Crippen LogP contribution in [0.5, 0.6) is 5.75 Å². The predicted octanol–water partition coefficient (Wildman–Crippen LogP) is 5.09. The van der Waals surface area contributed by atoms with Crippen LogP contribution in [0.1, 0.15) is 58.8 Å². The van der Waals surface area contributed by atoms with Crippen LogP contribution in [0.15, 0.2) is 24.3 Å². The zero-order chi connectivity index (χ0) is 20.7. The monoisotopic (exact) mass is 406 g/mol. The molecule has 6 heteroatoms. The first-order valence-electron chi connectivity index (χ1n) is 11.2. The first-order valence-corrected chi connectivity index (χ1v) is 11.2. The minimum absolute atomic E-state index is 0.280. The van der Waals surface area contributed by atoms with E-state index in [1.54, 1.807) is 0 Å². The van der Waals surface area contributed by atoms with E-state index in [4.69, 9.17) is 14.2 Å². The molecule has 1 aliphatic heterocycles. The van der Waals surface area contributed by atoms with Gasteiger partial charge in [0.2, 0.25) is 0 Å². The molecule has 0 bridgehead atoms. The van der Waals surface area contributed by atoms with E-state index in [9.17, 15) is 4.79 Å². The van der Waals surface area contributed by atoms with Crippen LogP contribution in [0, 0.1) is 0 Å². The summed E-state index contributed by atoms with van der Waals surface area (Å²) in [5.41, 5.74) is 0.639. The molecule has 0 radical (unpaired) electrons. The van der Waals surface area contributed by atoms with E-state index in [0.29, 0.717) is 37.8 Å². The summed E-state index contributed by atoms with van der Waals surface area (Å²) in [5.74, 6) is 0.676. The molecule has 29 heavy (non-hydrogen) atoms. The summed E-state index contributed by atoms with van der Waals surface area (Å²) in [4.78, 5) is 14.9. The number of amides is 1. The van der Waals surface area contributed by atoms with Crippen molar-refractivity contribution in [1.82, 2.24) is 4.90 Å². The highest BCUT2D eigenvalue weighted by Crippen LogP contribution is 2.24. The highest BCUT2D eigenvalue weighted by atomic mass is 16.6. The Bertz CT molecular complexity index is 576. The Labute approximate surface area is 175 Å². The zero-order valence-electron chi connectivity index (χ0n) is 18.2. The second kappa shape index (κ2) is 14.2. The fraction of sp³-hybridized carbons (Fsp3) is 0.696. The van der Waals surface area contributed by atoms with Gasteiger partial charge in [0.05, 0.1) is 18.9 Å². The molecule has 6 nitrogen and oxygen atoms in total. The number of unbranched alkanes of at least 4 members (excludes halogenated alkanes) is 2. The molecule has 1 aromatic rings. The van der Waals surface area contributed by atoms with Crippen molar-refractivity contribution in [1.29, 1.82) is 0 Å². The number of nitrogens with one attached hydrogen (secondary N) is 1. The van der Waals surface area contributed by atoms with Crippen LogP contribution < -0.4 is 10.1 Å². The van der Waals surface area contributed by atoms with E-state index >= 15 is 0 Å². The fourth-order valence-corrected chi connectivity index (χ4v) is 3.43. The normalized spacial score (nSPS) is 15.7. The lowest BCUT2D eigenvalue weighted by molar-refractivity contribution is 0.00487. The molecule has 1 saturated heterocycles. The van der Waals surface area contributed by atoms with Crippen molar-refractivity contribution in [2.45, 2.75) is 64.9 Å². The van der Waals surface area contributed by atoms with E-state index in [1.165, 1.54) is 19.3 Å². The molecule has 2 rings (SSSR count). The zero-order valence-corrected chi connectivity index (χ0v) is 18.2. The van der Waals surface area contributed by atoms with Crippen molar-refractivity contribution in [3.8, 4) is 5.75 Å². The average Bonchev–Trinajstić information content (AvgIpc) is 2.73. The maximum absolute atomic E-state index is 12.6. The predicted molar refractivity (Wildman–Crippen MR) is 117 cm³/mol. The van der Waals surface area contributed by atoms with Crippen LogP contribution in [-0.4, -0.2) is 56.6 Å². The van der Waals surface area contributed by atoms with Crippen molar-refractivity contribution in [3.63, 3.8) is 0 Å². The molecule has 164 valence electrons. The Morgan fingerprint density at radius 1 is 1.07 bits per heavy atom. The number of hydrogen-bond donors (Lipinski definition) is 1. The molecule has 1 fully saturated rings. The average molecular weight is 407 g/mol. The third kappa shape index (κ3) is 9.50. The van der Waals surface area contributed by atoms with Gasteiger partial charge in [0.1, 0.15) is 11.9 Å². The van der Waals surface area contributed by atoms with Crippen molar-refractivity contribution in [2.24, 2.45) is 0 Å². The van der Waals surface area contributed by atoms with Gasteiger partial charge in [0.25, 0.3) is 0 Å². The molecule has 1 amide bonds. The number of anilines is 1. The third-order valence-electron chi connectivity index (χ3n) is 4.97. The fourth-order valence-electron chi connectivity index (χ4n) is 3.43. The molecule has 0 spiro atoms. The van der Waals surface area contributed by atoms with Gasteiger partial charge in [0, 0.05) is 13.2 Å². The number of hydrogen-bond acceptors (Lipinski definition) is 5.